The van der Waals surface area contributed by atoms with Crippen LogP contribution in [0.5, 0.6) is 5.75 Å². The van der Waals surface area contributed by atoms with Crippen molar-refractivity contribution in [3.05, 3.63) is 28.4 Å². The van der Waals surface area contributed by atoms with Crippen LogP contribution in [0, 0.1) is 0 Å². The molecule has 0 spiro atoms. The molecule has 3 rings (SSSR count). The molecule has 4 heteroatoms. The molecule has 3 nitrogen and oxygen atoms in total. The fourth-order valence-electron chi connectivity index (χ4n) is 2.70. The number of benzene rings is 1. The normalized spacial score (nSPS) is 17.8. The molecule has 0 saturated carbocycles. The van der Waals surface area contributed by atoms with Crippen molar-refractivity contribution in [3.8, 4) is 5.75 Å². The van der Waals surface area contributed by atoms with Gasteiger partial charge in [0, 0.05) is 29.6 Å². The van der Waals surface area contributed by atoms with Crippen molar-refractivity contribution < 1.29 is 4.74 Å². The van der Waals surface area contributed by atoms with Gasteiger partial charge in [-0.05, 0) is 31.5 Å². The van der Waals surface area contributed by atoms with E-state index < -0.39 is 0 Å². The topological polar surface area (TPSA) is 37.0 Å². The zero-order chi connectivity index (χ0) is 12.9. The Morgan fingerprint density at radius 2 is 2.11 bits per heavy atom. The molecule has 0 radical (unpaired) electrons. The Balaban J connectivity index is 2.27. The van der Waals surface area contributed by atoms with Crippen molar-refractivity contribution in [1.29, 1.82) is 0 Å². The molecule has 2 N–H and O–H groups in total. The summed E-state index contributed by atoms with van der Waals surface area (Å²) in [5.41, 5.74) is 3.66. The standard InChI is InChI=1S/C14H17ClN2O/c1-14(2)6-10-8(7-16-14)12-9(15)4-5-11(18-3)13(12)17-10/h4-5,16-17H,6-7H2,1-3H3. The minimum Gasteiger partial charge on any atom is -0.495 e. The zero-order valence-electron chi connectivity index (χ0n) is 10.9. The van der Waals surface area contributed by atoms with Crippen LogP contribution in [0.3, 0.4) is 0 Å². The first-order chi connectivity index (χ1) is 8.52. The monoisotopic (exact) mass is 264 g/mol. The van der Waals surface area contributed by atoms with Gasteiger partial charge in [-0.15, -0.1) is 0 Å². The quantitative estimate of drug-likeness (QED) is 0.830. The van der Waals surface area contributed by atoms with Crippen LogP contribution in [0.15, 0.2) is 12.1 Å². The highest BCUT2D eigenvalue weighted by atomic mass is 35.5. The number of hydrogen-bond donors (Lipinski definition) is 2. The van der Waals surface area contributed by atoms with Gasteiger partial charge in [-0.1, -0.05) is 11.6 Å². The van der Waals surface area contributed by atoms with Gasteiger partial charge < -0.3 is 15.0 Å². The van der Waals surface area contributed by atoms with Gasteiger partial charge in [-0.2, -0.15) is 0 Å². The second-order valence-corrected chi connectivity index (χ2v) is 5.90. The summed E-state index contributed by atoms with van der Waals surface area (Å²) in [7, 11) is 1.69. The van der Waals surface area contributed by atoms with Gasteiger partial charge in [0.05, 0.1) is 17.6 Å². The van der Waals surface area contributed by atoms with Crippen LogP contribution in [0.25, 0.3) is 10.9 Å². The first-order valence-corrected chi connectivity index (χ1v) is 6.50. The Kier molecular flexibility index (Phi) is 2.57. The number of nitrogens with one attached hydrogen (secondary N) is 2. The number of hydrogen-bond acceptors (Lipinski definition) is 2. The van der Waals surface area contributed by atoms with Gasteiger partial charge in [0.1, 0.15) is 5.75 Å². The summed E-state index contributed by atoms with van der Waals surface area (Å²) in [5.74, 6) is 0.849. The molecule has 1 aliphatic heterocycles. The van der Waals surface area contributed by atoms with E-state index in [2.05, 4.69) is 24.1 Å². The highest BCUT2D eigenvalue weighted by molar-refractivity contribution is 6.36. The molecule has 1 aromatic heterocycles. The van der Waals surface area contributed by atoms with Gasteiger partial charge in [0.2, 0.25) is 0 Å². The molecule has 0 saturated heterocycles. The van der Waals surface area contributed by atoms with Crippen molar-refractivity contribution in [2.75, 3.05) is 7.11 Å². The van der Waals surface area contributed by atoms with E-state index in [0.717, 1.165) is 34.6 Å². The molecule has 0 amide bonds. The number of aromatic amines is 1. The average Bonchev–Trinajstić information content (AvgIpc) is 2.67. The van der Waals surface area contributed by atoms with E-state index in [1.807, 2.05) is 12.1 Å². The lowest BCUT2D eigenvalue weighted by Gasteiger charge is -2.31. The van der Waals surface area contributed by atoms with Crippen LogP contribution in [0.1, 0.15) is 25.1 Å². The molecule has 2 heterocycles. The van der Waals surface area contributed by atoms with Gasteiger partial charge in [-0.25, -0.2) is 0 Å². The van der Waals surface area contributed by atoms with Crippen molar-refractivity contribution in [1.82, 2.24) is 10.3 Å². The second kappa shape index (κ2) is 3.90. The van der Waals surface area contributed by atoms with E-state index in [9.17, 15) is 0 Å². The van der Waals surface area contributed by atoms with Gasteiger partial charge in [0.25, 0.3) is 0 Å². The predicted octanol–water partition coefficient (Wildman–Crippen LogP) is 3.25. The van der Waals surface area contributed by atoms with Gasteiger partial charge in [0.15, 0.2) is 0 Å². The fraction of sp³-hybridized carbons (Fsp3) is 0.429. The Bertz CT molecular complexity index is 616. The molecule has 0 atom stereocenters. The maximum atomic E-state index is 6.33. The van der Waals surface area contributed by atoms with Crippen LogP contribution >= 0.6 is 11.6 Å². The second-order valence-electron chi connectivity index (χ2n) is 5.50. The number of aromatic nitrogens is 1. The third-order valence-electron chi connectivity index (χ3n) is 3.64. The summed E-state index contributed by atoms with van der Waals surface area (Å²) in [4.78, 5) is 3.48. The predicted molar refractivity (Wildman–Crippen MR) is 74.5 cm³/mol. The highest BCUT2D eigenvalue weighted by Crippen LogP contribution is 2.37. The Morgan fingerprint density at radius 1 is 1.33 bits per heavy atom. The van der Waals surface area contributed by atoms with E-state index in [-0.39, 0.29) is 5.54 Å². The maximum Gasteiger partial charge on any atom is 0.143 e. The molecule has 0 unspecified atom stereocenters. The number of ether oxygens (including phenoxy) is 1. The third-order valence-corrected chi connectivity index (χ3v) is 3.96. The number of fused-ring (bicyclic) bond motifs is 3. The first kappa shape index (κ1) is 11.9. The summed E-state index contributed by atoms with van der Waals surface area (Å²) in [6, 6.07) is 3.81. The number of rotatable bonds is 1. The Morgan fingerprint density at radius 3 is 2.83 bits per heavy atom. The van der Waals surface area contributed by atoms with Crippen LogP contribution in [0.2, 0.25) is 5.02 Å². The largest absolute Gasteiger partial charge is 0.495 e. The van der Waals surface area contributed by atoms with Gasteiger partial charge >= 0.3 is 0 Å². The molecule has 18 heavy (non-hydrogen) atoms. The Labute approximate surface area is 111 Å². The summed E-state index contributed by atoms with van der Waals surface area (Å²) < 4.78 is 5.40. The Hall–Kier alpha value is -1.19. The van der Waals surface area contributed by atoms with Crippen molar-refractivity contribution >= 4 is 22.5 Å². The van der Waals surface area contributed by atoms with E-state index >= 15 is 0 Å². The molecular weight excluding hydrogens is 248 g/mol. The third kappa shape index (κ3) is 1.70. The smallest absolute Gasteiger partial charge is 0.143 e. The number of halogens is 1. The van der Waals surface area contributed by atoms with E-state index in [1.54, 1.807) is 7.11 Å². The highest BCUT2D eigenvalue weighted by Gasteiger charge is 2.28. The number of methoxy groups -OCH3 is 1. The molecule has 96 valence electrons. The molecule has 0 bridgehead atoms. The minimum atomic E-state index is 0.119. The SMILES string of the molecule is COc1ccc(Cl)c2c3c([nH]c12)CC(C)(C)NC3. The van der Waals surface area contributed by atoms with Crippen LogP contribution in [-0.2, 0) is 13.0 Å². The molecule has 0 aliphatic carbocycles. The van der Waals surface area contributed by atoms with Crippen LogP contribution in [-0.4, -0.2) is 17.6 Å². The molecule has 1 aliphatic rings. The zero-order valence-corrected chi connectivity index (χ0v) is 11.6. The molecule has 0 fully saturated rings. The molecule has 2 aromatic rings. The summed E-state index contributed by atoms with van der Waals surface area (Å²) in [6.07, 6.45) is 0.969. The molecular formula is C14H17ClN2O. The maximum absolute atomic E-state index is 6.33. The van der Waals surface area contributed by atoms with Crippen molar-refractivity contribution in [2.24, 2.45) is 0 Å². The fourth-order valence-corrected chi connectivity index (χ4v) is 2.97. The summed E-state index contributed by atoms with van der Waals surface area (Å²) >= 11 is 6.33. The van der Waals surface area contributed by atoms with E-state index in [0.29, 0.717) is 0 Å². The first-order valence-electron chi connectivity index (χ1n) is 6.13. The summed E-state index contributed by atoms with van der Waals surface area (Å²) in [5, 5.41) is 5.41. The van der Waals surface area contributed by atoms with Gasteiger partial charge in [-0.3, -0.25) is 0 Å². The average molecular weight is 265 g/mol. The van der Waals surface area contributed by atoms with Crippen molar-refractivity contribution in [2.45, 2.75) is 32.4 Å². The summed E-state index contributed by atoms with van der Waals surface area (Å²) in [6.45, 7) is 5.26. The van der Waals surface area contributed by atoms with Crippen LogP contribution in [0.4, 0.5) is 0 Å². The molecule has 1 aromatic carbocycles. The number of H-pyrrole nitrogens is 1. The van der Waals surface area contributed by atoms with Crippen LogP contribution < -0.4 is 10.1 Å². The lowest BCUT2D eigenvalue weighted by atomic mass is 9.91. The van der Waals surface area contributed by atoms with Crippen molar-refractivity contribution in [3.63, 3.8) is 0 Å². The lowest BCUT2D eigenvalue weighted by molar-refractivity contribution is 0.360. The van der Waals surface area contributed by atoms with E-state index in [4.69, 9.17) is 16.3 Å². The lowest BCUT2D eigenvalue weighted by Crippen LogP contribution is -2.44. The minimum absolute atomic E-state index is 0.119. The van der Waals surface area contributed by atoms with E-state index in [1.165, 1.54) is 11.3 Å².